The first-order valence-electron chi connectivity index (χ1n) is 5.97. The Balaban J connectivity index is 1.92. The quantitative estimate of drug-likeness (QED) is 0.801. The molecule has 0 radical (unpaired) electrons. The minimum Gasteiger partial charge on any atom is -0.399 e. The van der Waals surface area contributed by atoms with Crippen LogP contribution in [0.3, 0.4) is 0 Å². The van der Waals surface area contributed by atoms with Crippen molar-refractivity contribution in [3.63, 3.8) is 0 Å². The molecule has 2 N–H and O–H groups in total. The number of anilines is 2. The predicted molar refractivity (Wildman–Crippen MR) is 74.9 cm³/mol. The Kier molecular flexibility index (Phi) is 2.84. The number of fused-ring (bicyclic) bond motifs is 1. The number of nitrogens with zero attached hydrogens (tertiary/aromatic N) is 2. The Morgan fingerprint density at radius 1 is 1.28 bits per heavy atom. The summed E-state index contributed by atoms with van der Waals surface area (Å²) >= 11 is 6.25. The van der Waals surface area contributed by atoms with E-state index in [-0.39, 0.29) is 0 Å². The third kappa shape index (κ3) is 2.02. The first kappa shape index (κ1) is 11.4. The summed E-state index contributed by atoms with van der Waals surface area (Å²) in [7, 11) is 0. The second-order valence-electron chi connectivity index (χ2n) is 4.49. The number of hydrogen-bond acceptors (Lipinski definition) is 3. The molecule has 2 aromatic rings. The zero-order valence-electron chi connectivity index (χ0n) is 9.94. The van der Waals surface area contributed by atoms with Crippen molar-refractivity contribution in [1.82, 2.24) is 4.98 Å². The highest BCUT2D eigenvalue weighted by atomic mass is 35.5. The number of nitrogens with two attached hydrogens (primary N) is 1. The first-order chi connectivity index (χ1) is 8.74. The lowest BCUT2D eigenvalue weighted by atomic mass is 10.0. The van der Waals surface area contributed by atoms with E-state index in [1.54, 1.807) is 6.07 Å². The second kappa shape index (κ2) is 4.50. The topological polar surface area (TPSA) is 42.1 Å². The SMILES string of the molecule is Nc1ccc(N2CCc3cccnc3C2)c(Cl)c1. The highest BCUT2D eigenvalue weighted by molar-refractivity contribution is 6.33. The molecule has 3 rings (SSSR count). The van der Waals surface area contributed by atoms with Gasteiger partial charge in [0.2, 0.25) is 0 Å². The fraction of sp³-hybridized carbons (Fsp3) is 0.214. The highest BCUT2D eigenvalue weighted by Crippen LogP contribution is 2.31. The summed E-state index contributed by atoms with van der Waals surface area (Å²) in [6, 6.07) is 9.79. The first-order valence-corrected chi connectivity index (χ1v) is 6.34. The standard InChI is InChI=1S/C14H14ClN3/c15-12-8-11(16)3-4-14(12)18-7-5-10-2-1-6-17-13(10)9-18/h1-4,6,8H,5,7,9,16H2. The zero-order chi connectivity index (χ0) is 12.5. The van der Waals surface area contributed by atoms with Crippen LogP contribution in [0, 0.1) is 0 Å². The number of nitrogen functional groups attached to an aromatic ring is 1. The summed E-state index contributed by atoms with van der Waals surface area (Å²) in [5.74, 6) is 0. The molecule has 1 aromatic carbocycles. The fourth-order valence-electron chi connectivity index (χ4n) is 2.34. The molecule has 1 aromatic heterocycles. The Morgan fingerprint density at radius 2 is 2.17 bits per heavy atom. The van der Waals surface area contributed by atoms with Gasteiger partial charge >= 0.3 is 0 Å². The van der Waals surface area contributed by atoms with Gasteiger partial charge in [0.25, 0.3) is 0 Å². The molecule has 18 heavy (non-hydrogen) atoms. The minimum absolute atomic E-state index is 0.694. The van der Waals surface area contributed by atoms with Crippen LogP contribution < -0.4 is 10.6 Å². The number of pyridine rings is 1. The van der Waals surface area contributed by atoms with Crippen LogP contribution in [0.2, 0.25) is 5.02 Å². The van der Waals surface area contributed by atoms with Crippen LogP contribution in [0.25, 0.3) is 0 Å². The maximum absolute atomic E-state index is 6.25. The van der Waals surface area contributed by atoms with Gasteiger partial charge in [0.15, 0.2) is 0 Å². The van der Waals surface area contributed by atoms with Crippen LogP contribution in [0.4, 0.5) is 11.4 Å². The molecule has 3 nitrogen and oxygen atoms in total. The van der Waals surface area contributed by atoms with E-state index < -0.39 is 0 Å². The molecule has 0 aliphatic carbocycles. The van der Waals surface area contributed by atoms with Gasteiger partial charge in [-0.2, -0.15) is 0 Å². The average molecular weight is 260 g/mol. The Bertz CT molecular complexity index is 583. The Morgan fingerprint density at radius 3 is 3.00 bits per heavy atom. The van der Waals surface area contributed by atoms with Gasteiger partial charge in [-0.1, -0.05) is 17.7 Å². The molecule has 0 bridgehead atoms. The Hall–Kier alpha value is -1.74. The number of halogens is 1. The van der Waals surface area contributed by atoms with Crippen LogP contribution in [0.5, 0.6) is 0 Å². The van der Waals surface area contributed by atoms with Crippen molar-refractivity contribution in [2.24, 2.45) is 0 Å². The van der Waals surface area contributed by atoms with Gasteiger partial charge in [0.1, 0.15) is 0 Å². The van der Waals surface area contributed by atoms with E-state index in [2.05, 4.69) is 16.0 Å². The van der Waals surface area contributed by atoms with Gasteiger partial charge in [-0.05, 0) is 36.2 Å². The smallest absolute Gasteiger partial charge is 0.0660 e. The Labute approximate surface area is 111 Å². The minimum atomic E-state index is 0.694. The normalized spacial score (nSPS) is 14.4. The molecule has 0 unspecified atom stereocenters. The lowest BCUT2D eigenvalue weighted by molar-refractivity contribution is 0.710. The molecule has 0 saturated carbocycles. The van der Waals surface area contributed by atoms with Crippen LogP contribution in [0.15, 0.2) is 36.5 Å². The molecule has 1 aliphatic rings. The van der Waals surface area contributed by atoms with Crippen LogP contribution in [-0.2, 0) is 13.0 Å². The monoisotopic (exact) mass is 259 g/mol. The molecule has 0 fully saturated rings. The molecule has 4 heteroatoms. The largest absolute Gasteiger partial charge is 0.399 e. The van der Waals surface area contributed by atoms with Crippen molar-refractivity contribution in [2.45, 2.75) is 13.0 Å². The van der Waals surface area contributed by atoms with Gasteiger partial charge in [-0.15, -0.1) is 0 Å². The summed E-state index contributed by atoms with van der Waals surface area (Å²) in [4.78, 5) is 6.68. The van der Waals surface area contributed by atoms with Crippen molar-refractivity contribution >= 4 is 23.0 Å². The molecular weight excluding hydrogens is 246 g/mol. The fourth-order valence-corrected chi connectivity index (χ4v) is 2.65. The maximum Gasteiger partial charge on any atom is 0.0660 e. The zero-order valence-corrected chi connectivity index (χ0v) is 10.7. The van der Waals surface area contributed by atoms with E-state index in [4.69, 9.17) is 17.3 Å². The lowest BCUT2D eigenvalue weighted by Gasteiger charge is -2.30. The summed E-state index contributed by atoms with van der Waals surface area (Å²) in [6.45, 7) is 1.77. The van der Waals surface area contributed by atoms with E-state index in [1.807, 2.05) is 24.4 Å². The van der Waals surface area contributed by atoms with Gasteiger partial charge in [-0.3, -0.25) is 4.98 Å². The van der Waals surface area contributed by atoms with Crippen molar-refractivity contribution in [3.8, 4) is 0 Å². The lowest BCUT2D eigenvalue weighted by Crippen LogP contribution is -2.31. The van der Waals surface area contributed by atoms with Crippen LogP contribution in [0.1, 0.15) is 11.3 Å². The maximum atomic E-state index is 6.25. The average Bonchev–Trinajstić information content (AvgIpc) is 2.38. The van der Waals surface area contributed by atoms with E-state index in [1.165, 1.54) is 5.56 Å². The predicted octanol–water partition coefficient (Wildman–Crippen LogP) is 2.88. The van der Waals surface area contributed by atoms with E-state index in [9.17, 15) is 0 Å². The van der Waals surface area contributed by atoms with Crippen molar-refractivity contribution in [1.29, 1.82) is 0 Å². The molecule has 0 saturated heterocycles. The third-order valence-electron chi connectivity index (χ3n) is 3.29. The number of benzene rings is 1. The third-order valence-corrected chi connectivity index (χ3v) is 3.59. The number of rotatable bonds is 1. The molecule has 2 heterocycles. The molecule has 92 valence electrons. The molecule has 0 amide bonds. The number of hydrogen-bond donors (Lipinski definition) is 1. The van der Waals surface area contributed by atoms with Crippen molar-refractivity contribution in [2.75, 3.05) is 17.2 Å². The molecule has 1 aliphatic heterocycles. The van der Waals surface area contributed by atoms with E-state index in [0.717, 1.165) is 30.9 Å². The number of aromatic nitrogens is 1. The summed E-state index contributed by atoms with van der Waals surface area (Å²) in [5.41, 5.74) is 9.91. The van der Waals surface area contributed by atoms with Crippen molar-refractivity contribution < 1.29 is 0 Å². The molecule has 0 spiro atoms. The summed E-state index contributed by atoms with van der Waals surface area (Å²) in [5, 5.41) is 0.703. The molecular formula is C14H14ClN3. The molecule has 0 atom stereocenters. The summed E-state index contributed by atoms with van der Waals surface area (Å²) in [6.07, 6.45) is 2.84. The van der Waals surface area contributed by atoms with E-state index >= 15 is 0 Å². The van der Waals surface area contributed by atoms with E-state index in [0.29, 0.717) is 10.7 Å². The van der Waals surface area contributed by atoms with Gasteiger partial charge in [0.05, 0.1) is 22.9 Å². The second-order valence-corrected chi connectivity index (χ2v) is 4.90. The van der Waals surface area contributed by atoms with Gasteiger partial charge < -0.3 is 10.6 Å². The van der Waals surface area contributed by atoms with Crippen LogP contribution >= 0.6 is 11.6 Å². The van der Waals surface area contributed by atoms with Gasteiger partial charge in [0, 0.05) is 18.4 Å². The van der Waals surface area contributed by atoms with Crippen LogP contribution in [-0.4, -0.2) is 11.5 Å². The summed E-state index contributed by atoms with van der Waals surface area (Å²) < 4.78 is 0. The van der Waals surface area contributed by atoms with Gasteiger partial charge in [-0.25, -0.2) is 0 Å². The highest BCUT2D eigenvalue weighted by Gasteiger charge is 2.18. The van der Waals surface area contributed by atoms with Crippen molar-refractivity contribution in [3.05, 3.63) is 52.8 Å².